The van der Waals surface area contributed by atoms with Crippen molar-refractivity contribution in [3.8, 4) is 0 Å². The molecule has 0 aliphatic heterocycles. The highest BCUT2D eigenvalue weighted by molar-refractivity contribution is 5.74. The number of rotatable bonds is 4. The molecule has 1 aromatic carbocycles. The highest BCUT2D eigenvalue weighted by Gasteiger charge is 2.06. The zero-order valence-electron chi connectivity index (χ0n) is 11.5. The molecule has 5 heteroatoms. The van der Waals surface area contributed by atoms with E-state index < -0.39 is 0 Å². The minimum Gasteiger partial charge on any atom is -0.384 e. The zero-order valence-corrected chi connectivity index (χ0v) is 11.5. The van der Waals surface area contributed by atoms with Gasteiger partial charge in [-0.1, -0.05) is 19.1 Å². The van der Waals surface area contributed by atoms with Crippen molar-refractivity contribution >= 4 is 23.0 Å². The van der Waals surface area contributed by atoms with Crippen molar-refractivity contribution < 1.29 is 0 Å². The molecule has 2 aromatic rings. The van der Waals surface area contributed by atoms with Crippen LogP contribution in [0.3, 0.4) is 0 Å². The van der Waals surface area contributed by atoms with Crippen LogP contribution in [0.25, 0.3) is 0 Å². The maximum absolute atomic E-state index is 5.78. The molecule has 0 bridgehead atoms. The number of nitrogen functional groups attached to an aromatic ring is 1. The summed E-state index contributed by atoms with van der Waals surface area (Å²) in [5, 5.41) is 3.30. The van der Waals surface area contributed by atoms with Gasteiger partial charge in [-0.05, 0) is 12.1 Å². The SMILES string of the molecule is CCc1nc(N)cc(Nc2ccccc2N(C)C)n1. The molecular formula is C14H19N5. The van der Waals surface area contributed by atoms with E-state index in [9.17, 15) is 0 Å². The molecule has 1 heterocycles. The minimum atomic E-state index is 0.483. The van der Waals surface area contributed by atoms with E-state index in [4.69, 9.17) is 5.73 Å². The first-order chi connectivity index (χ1) is 9.10. The molecule has 0 saturated heterocycles. The van der Waals surface area contributed by atoms with Gasteiger partial charge < -0.3 is 16.0 Å². The lowest BCUT2D eigenvalue weighted by Gasteiger charge is -2.18. The number of benzene rings is 1. The van der Waals surface area contributed by atoms with Gasteiger partial charge in [-0.2, -0.15) is 0 Å². The molecule has 0 aliphatic carbocycles. The Hall–Kier alpha value is -2.30. The van der Waals surface area contributed by atoms with Crippen LogP contribution in [0.5, 0.6) is 0 Å². The van der Waals surface area contributed by atoms with Crippen molar-refractivity contribution in [3.63, 3.8) is 0 Å². The molecule has 19 heavy (non-hydrogen) atoms. The number of aromatic nitrogens is 2. The lowest BCUT2D eigenvalue weighted by atomic mass is 10.2. The smallest absolute Gasteiger partial charge is 0.136 e. The van der Waals surface area contributed by atoms with Crippen LogP contribution in [0.4, 0.5) is 23.0 Å². The van der Waals surface area contributed by atoms with Crippen LogP contribution in [-0.4, -0.2) is 24.1 Å². The van der Waals surface area contributed by atoms with Crippen molar-refractivity contribution in [2.24, 2.45) is 0 Å². The van der Waals surface area contributed by atoms with Crippen molar-refractivity contribution in [2.75, 3.05) is 30.0 Å². The summed E-state index contributed by atoms with van der Waals surface area (Å²) in [6.45, 7) is 2.01. The third-order valence-corrected chi connectivity index (χ3v) is 2.76. The Labute approximate surface area is 113 Å². The first kappa shape index (κ1) is 13.1. The predicted molar refractivity (Wildman–Crippen MR) is 79.9 cm³/mol. The minimum absolute atomic E-state index is 0.483. The number of anilines is 4. The molecule has 0 spiro atoms. The number of aryl methyl sites for hydroxylation is 1. The summed E-state index contributed by atoms with van der Waals surface area (Å²) in [6, 6.07) is 9.80. The molecule has 100 valence electrons. The Balaban J connectivity index is 2.33. The maximum atomic E-state index is 5.78. The number of nitrogens with one attached hydrogen (secondary N) is 1. The predicted octanol–water partition coefficient (Wildman–Crippen LogP) is 2.43. The Kier molecular flexibility index (Phi) is 3.85. The van der Waals surface area contributed by atoms with Gasteiger partial charge in [0.05, 0.1) is 11.4 Å². The molecular weight excluding hydrogens is 238 g/mol. The van der Waals surface area contributed by atoms with Gasteiger partial charge in [0.15, 0.2) is 0 Å². The largest absolute Gasteiger partial charge is 0.384 e. The normalized spacial score (nSPS) is 10.3. The van der Waals surface area contributed by atoms with Gasteiger partial charge in [0.2, 0.25) is 0 Å². The van der Waals surface area contributed by atoms with Crippen LogP contribution < -0.4 is 16.0 Å². The number of hydrogen-bond acceptors (Lipinski definition) is 5. The molecule has 0 saturated carbocycles. The fourth-order valence-electron chi connectivity index (χ4n) is 1.85. The summed E-state index contributed by atoms with van der Waals surface area (Å²) in [5.41, 5.74) is 7.87. The summed E-state index contributed by atoms with van der Waals surface area (Å²) < 4.78 is 0. The monoisotopic (exact) mass is 257 g/mol. The fourth-order valence-corrected chi connectivity index (χ4v) is 1.85. The molecule has 0 radical (unpaired) electrons. The van der Waals surface area contributed by atoms with Gasteiger partial charge in [-0.3, -0.25) is 0 Å². The zero-order chi connectivity index (χ0) is 13.8. The van der Waals surface area contributed by atoms with Crippen LogP contribution in [0, 0.1) is 0 Å². The lowest BCUT2D eigenvalue weighted by Crippen LogP contribution is -2.11. The van der Waals surface area contributed by atoms with Gasteiger partial charge in [-0.15, -0.1) is 0 Å². The molecule has 2 rings (SSSR count). The Morgan fingerprint density at radius 3 is 2.63 bits per heavy atom. The lowest BCUT2D eigenvalue weighted by molar-refractivity contribution is 0.948. The van der Waals surface area contributed by atoms with Gasteiger partial charge in [0.1, 0.15) is 17.5 Å². The third kappa shape index (κ3) is 3.13. The van der Waals surface area contributed by atoms with Crippen LogP contribution >= 0.6 is 0 Å². The number of nitrogens with two attached hydrogens (primary N) is 1. The third-order valence-electron chi connectivity index (χ3n) is 2.76. The summed E-state index contributed by atoms with van der Waals surface area (Å²) in [5.74, 6) is 1.94. The van der Waals surface area contributed by atoms with E-state index in [-0.39, 0.29) is 0 Å². The first-order valence-electron chi connectivity index (χ1n) is 6.27. The second kappa shape index (κ2) is 5.56. The average molecular weight is 257 g/mol. The Bertz CT molecular complexity index is 566. The molecule has 0 unspecified atom stereocenters. The van der Waals surface area contributed by atoms with Gasteiger partial charge in [0.25, 0.3) is 0 Å². The number of nitrogens with zero attached hydrogens (tertiary/aromatic N) is 3. The topological polar surface area (TPSA) is 67.1 Å². The van der Waals surface area contributed by atoms with Gasteiger partial charge in [0, 0.05) is 26.6 Å². The number of para-hydroxylation sites is 2. The Morgan fingerprint density at radius 1 is 1.21 bits per heavy atom. The molecule has 0 fully saturated rings. The summed E-state index contributed by atoms with van der Waals surface area (Å²) in [6.07, 6.45) is 0.759. The van der Waals surface area contributed by atoms with E-state index in [2.05, 4.69) is 15.3 Å². The molecule has 3 N–H and O–H groups in total. The molecule has 5 nitrogen and oxygen atoms in total. The molecule has 0 amide bonds. The van der Waals surface area contributed by atoms with Crippen LogP contribution in [0.1, 0.15) is 12.7 Å². The Morgan fingerprint density at radius 2 is 1.95 bits per heavy atom. The quantitative estimate of drug-likeness (QED) is 0.880. The first-order valence-corrected chi connectivity index (χ1v) is 6.27. The number of hydrogen-bond donors (Lipinski definition) is 2. The molecule has 1 aromatic heterocycles. The van der Waals surface area contributed by atoms with Crippen LogP contribution in [0.15, 0.2) is 30.3 Å². The highest BCUT2D eigenvalue weighted by atomic mass is 15.1. The second-order valence-corrected chi connectivity index (χ2v) is 4.48. The maximum Gasteiger partial charge on any atom is 0.136 e. The summed E-state index contributed by atoms with van der Waals surface area (Å²) >= 11 is 0. The van der Waals surface area contributed by atoms with E-state index in [1.807, 2.05) is 50.2 Å². The average Bonchev–Trinajstić information content (AvgIpc) is 2.38. The summed E-state index contributed by atoms with van der Waals surface area (Å²) in [7, 11) is 4.01. The van der Waals surface area contributed by atoms with Gasteiger partial charge >= 0.3 is 0 Å². The van der Waals surface area contributed by atoms with Crippen molar-refractivity contribution in [1.29, 1.82) is 0 Å². The van der Waals surface area contributed by atoms with E-state index in [1.54, 1.807) is 6.07 Å². The highest BCUT2D eigenvalue weighted by Crippen LogP contribution is 2.26. The molecule has 0 atom stereocenters. The van der Waals surface area contributed by atoms with Crippen molar-refractivity contribution in [1.82, 2.24) is 9.97 Å². The van der Waals surface area contributed by atoms with Crippen molar-refractivity contribution in [2.45, 2.75) is 13.3 Å². The second-order valence-electron chi connectivity index (χ2n) is 4.48. The van der Waals surface area contributed by atoms with E-state index in [1.165, 1.54) is 0 Å². The van der Waals surface area contributed by atoms with Gasteiger partial charge in [-0.25, -0.2) is 9.97 Å². The van der Waals surface area contributed by atoms with Crippen LogP contribution in [0.2, 0.25) is 0 Å². The summed E-state index contributed by atoms with van der Waals surface area (Å²) in [4.78, 5) is 10.6. The standard InChI is InChI=1S/C14H19N5/c1-4-13-17-12(15)9-14(18-13)16-10-7-5-6-8-11(10)19(2)3/h5-9H,4H2,1-3H3,(H3,15,16,17,18). The van der Waals surface area contributed by atoms with Crippen molar-refractivity contribution in [3.05, 3.63) is 36.2 Å². The van der Waals surface area contributed by atoms with E-state index in [0.717, 1.165) is 29.4 Å². The molecule has 0 aliphatic rings. The van der Waals surface area contributed by atoms with E-state index >= 15 is 0 Å². The fraction of sp³-hybridized carbons (Fsp3) is 0.286. The van der Waals surface area contributed by atoms with E-state index in [0.29, 0.717) is 5.82 Å². The van der Waals surface area contributed by atoms with Crippen LogP contribution in [-0.2, 0) is 6.42 Å².